The number of ether oxygens (including phenoxy) is 1. The molecule has 1 fully saturated rings. The van der Waals surface area contributed by atoms with Gasteiger partial charge in [0, 0.05) is 30.0 Å². The van der Waals surface area contributed by atoms with Gasteiger partial charge in [-0.3, -0.25) is 4.79 Å². The number of aromatic nitrogens is 1. The van der Waals surface area contributed by atoms with Gasteiger partial charge < -0.3 is 18.6 Å². The van der Waals surface area contributed by atoms with E-state index in [1.807, 2.05) is 46.9 Å². The summed E-state index contributed by atoms with van der Waals surface area (Å²) in [6.07, 6.45) is 2.27. The van der Waals surface area contributed by atoms with Gasteiger partial charge in [-0.15, -0.1) is 0 Å². The number of carbonyl (C=O) groups is 1. The van der Waals surface area contributed by atoms with Crippen LogP contribution in [0.25, 0.3) is 10.9 Å². The number of benzene rings is 1. The zero-order chi connectivity index (χ0) is 18.4. The molecule has 3 rings (SSSR count). The minimum Gasteiger partial charge on any atom is -0.469 e. The Balaban J connectivity index is 2.05. The molecule has 2 heterocycles. The molecule has 1 aromatic carbocycles. The third kappa shape index (κ3) is 3.09. The molecule has 0 amide bonds. The predicted octanol–water partition coefficient (Wildman–Crippen LogP) is 3.46. The summed E-state index contributed by atoms with van der Waals surface area (Å²) in [4.78, 5) is 12.1. The Kier molecular flexibility index (Phi) is 4.46. The molecular formula is C19H26BNO4. The third-order valence-corrected chi connectivity index (χ3v) is 5.54. The molecule has 1 unspecified atom stereocenters. The second kappa shape index (κ2) is 6.18. The highest BCUT2D eigenvalue weighted by molar-refractivity contribution is 6.48. The summed E-state index contributed by atoms with van der Waals surface area (Å²) in [7, 11) is 2.91. The maximum atomic E-state index is 12.1. The molecule has 5 nitrogen and oxygen atoms in total. The van der Waals surface area contributed by atoms with E-state index in [0.717, 1.165) is 16.5 Å². The van der Waals surface area contributed by atoms with Crippen LogP contribution in [0, 0.1) is 0 Å². The average Bonchev–Trinajstić information content (AvgIpc) is 2.99. The molecular weight excluding hydrogens is 317 g/mol. The minimum atomic E-state index is -0.505. The number of rotatable bonds is 4. The zero-order valence-electron chi connectivity index (χ0n) is 15.8. The first-order chi connectivity index (χ1) is 11.7. The lowest BCUT2D eigenvalue weighted by Gasteiger charge is -2.32. The summed E-state index contributed by atoms with van der Waals surface area (Å²) in [6.45, 7) is 8.08. The Morgan fingerprint density at radius 2 is 1.80 bits per heavy atom. The van der Waals surface area contributed by atoms with Crippen molar-refractivity contribution in [1.82, 2.24) is 4.57 Å². The zero-order valence-corrected chi connectivity index (χ0v) is 15.8. The van der Waals surface area contributed by atoms with E-state index in [9.17, 15) is 4.79 Å². The van der Waals surface area contributed by atoms with E-state index in [1.165, 1.54) is 7.11 Å². The van der Waals surface area contributed by atoms with E-state index in [0.29, 0.717) is 0 Å². The number of para-hydroxylation sites is 1. The highest BCUT2D eigenvalue weighted by atomic mass is 16.7. The van der Waals surface area contributed by atoms with Crippen molar-refractivity contribution < 1.29 is 18.8 Å². The van der Waals surface area contributed by atoms with Gasteiger partial charge in [0.15, 0.2) is 0 Å². The number of hydrogen-bond acceptors (Lipinski definition) is 4. The summed E-state index contributed by atoms with van der Waals surface area (Å²) in [5.41, 5.74) is 1.26. The molecule has 0 radical (unpaired) electrons. The summed E-state index contributed by atoms with van der Waals surface area (Å²) in [5, 5.41) is 1.11. The van der Waals surface area contributed by atoms with E-state index in [-0.39, 0.29) is 18.2 Å². The molecule has 6 heteroatoms. The largest absolute Gasteiger partial charge is 0.469 e. The molecule has 0 saturated carbocycles. The molecule has 1 aromatic heterocycles. The van der Waals surface area contributed by atoms with Gasteiger partial charge >= 0.3 is 13.1 Å². The molecule has 25 heavy (non-hydrogen) atoms. The SMILES string of the molecule is COC(=O)CC(B1OC(C)(C)C(C)(C)O1)c1cn(C)c2ccccc12. The van der Waals surface area contributed by atoms with E-state index in [2.05, 4.69) is 22.9 Å². The van der Waals surface area contributed by atoms with E-state index in [1.54, 1.807) is 0 Å². The molecule has 134 valence electrons. The summed E-state index contributed by atoms with van der Waals surface area (Å²) < 4.78 is 19.5. The number of fused-ring (bicyclic) bond motifs is 1. The monoisotopic (exact) mass is 343 g/mol. The Labute approximate surface area is 149 Å². The first-order valence-electron chi connectivity index (χ1n) is 8.63. The van der Waals surface area contributed by atoms with Gasteiger partial charge in [-0.1, -0.05) is 18.2 Å². The molecule has 1 aliphatic rings. The van der Waals surface area contributed by atoms with Crippen LogP contribution in [0.2, 0.25) is 0 Å². The Morgan fingerprint density at radius 3 is 2.40 bits per heavy atom. The first-order valence-corrected chi connectivity index (χ1v) is 8.63. The lowest BCUT2D eigenvalue weighted by molar-refractivity contribution is -0.140. The number of nitrogens with zero attached hydrogens (tertiary/aromatic N) is 1. The van der Waals surface area contributed by atoms with Crippen molar-refractivity contribution in [3.05, 3.63) is 36.0 Å². The van der Waals surface area contributed by atoms with Crippen LogP contribution in [-0.4, -0.2) is 36.0 Å². The van der Waals surface area contributed by atoms with Crippen molar-refractivity contribution in [3.63, 3.8) is 0 Å². The predicted molar refractivity (Wildman–Crippen MR) is 98.4 cm³/mol. The van der Waals surface area contributed by atoms with Crippen LogP contribution in [0.1, 0.15) is 45.5 Å². The standard InChI is InChI=1S/C19H26BNO4/c1-18(2)19(3,4)25-20(24-18)15(11-17(22)23-6)14-12-21(5)16-10-8-7-9-13(14)16/h7-10,12,15H,11H2,1-6H3. The van der Waals surface area contributed by atoms with Crippen LogP contribution in [0.3, 0.4) is 0 Å². The number of aryl methyl sites for hydroxylation is 1. The fourth-order valence-corrected chi connectivity index (χ4v) is 3.34. The van der Waals surface area contributed by atoms with Gasteiger partial charge in [-0.05, 0) is 39.3 Å². The van der Waals surface area contributed by atoms with Crippen molar-refractivity contribution in [2.75, 3.05) is 7.11 Å². The molecule has 1 aliphatic heterocycles. The number of carbonyl (C=O) groups excluding carboxylic acids is 1. The summed E-state index contributed by atoms with van der Waals surface area (Å²) in [6, 6.07) is 8.15. The maximum absolute atomic E-state index is 12.1. The van der Waals surface area contributed by atoms with Gasteiger partial charge in [0.1, 0.15) is 0 Å². The third-order valence-electron chi connectivity index (χ3n) is 5.54. The van der Waals surface area contributed by atoms with Crippen molar-refractivity contribution in [1.29, 1.82) is 0 Å². The van der Waals surface area contributed by atoms with Crippen LogP contribution < -0.4 is 0 Å². The van der Waals surface area contributed by atoms with Crippen LogP contribution in [0.4, 0.5) is 0 Å². The van der Waals surface area contributed by atoms with Gasteiger partial charge in [0.05, 0.1) is 24.7 Å². The normalized spacial score (nSPS) is 20.0. The van der Waals surface area contributed by atoms with Crippen LogP contribution in [0.15, 0.2) is 30.5 Å². The van der Waals surface area contributed by atoms with Crippen LogP contribution in [-0.2, 0) is 25.9 Å². The first kappa shape index (κ1) is 18.0. The molecule has 0 spiro atoms. The second-order valence-corrected chi connectivity index (χ2v) is 7.72. The number of hydrogen-bond donors (Lipinski definition) is 0. The molecule has 0 bridgehead atoms. The van der Waals surface area contributed by atoms with Crippen LogP contribution in [0.5, 0.6) is 0 Å². The molecule has 1 atom stereocenters. The second-order valence-electron chi connectivity index (χ2n) is 7.72. The molecule has 0 N–H and O–H groups in total. The van der Waals surface area contributed by atoms with Gasteiger partial charge in [0.2, 0.25) is 0 Å². The van der Waals surface area contributed by atoms with Crippen molar-refractivity contribution in [2.24, 2.45) is 7.05 Å². The van der Waals surface area contributed by atoms with Gasteiger partial charge in [-0.2, -0.15) is 0 Å². The minimum absolute atomic E-state index is 0.210. The summed E-state index contributed by atoms with van der Waals surface area (Å²) in [5.74, 6) is -0.507. The van der Waals surface area contributed by atoms with Crippen molar-refractivity contribution in [3.8, 4) is 0 Å². The highest BCUT2D eigenvalue weighted by Gasteiger charge is 2.54. The summed E-state index contributed by atoms with van der Waals surface area (Å²) >= 11 is 0. The van der Waals surface area contributed by atoms with Crippen molar-refractivity contribution >= 4 is 24.0 Å². The Morgan fingerprint density at radius 1 is 1.20 bits per heavy atom. The number of esters is 1. The fraction of sp³-hybridized carbons (Fsp3) is 0.526. The smallest absolute Gasteiger partial charge is 0.466 e. The lowest BCUT2D eigenvalue weighted by Crippen LogP contribution is -2.41. The highest BCUT2D eigenvalue weighted by Crippen LogP contribution is 2.43. The quantitative estimate of drug-likeness (QED) is 0.630. The van der Waals surface area contributed by atoms with E-state index >= 15 is 0 Å². The van der Waals surface area contributed by atoms with Gasteiger partial charge in [-0.25, -0.2) is 0 Å². The topological polar surface area (TPSA) is 49.7 Å². The number of methoxy groups -OCH3 is 1. The van der Waals surface area contributed by atoms with Crippen molar-refractivity contribution in [2.45, 2.75) is 51.1 Å². The molecule has 1 saturated heterocycles. The Hall–Kier alpha value is -1.79. The molecule has 2 aromatic rings. The average molecular weight is 343 g/mol. The van der Waals surface area contributed by atoms with Gasteiger partial charge in [0.25, 0.3) is 0 Å². The molecule has 0 aliphatic carbocycles. The Bertz CT molecular complexity index is 780. The fourth-order valence-electron chi connectivity index (χ4n) is 3.34. The van der Waals surface area contributed by atoms with E-state index in [4.69, 9.17) is 14.0 Å². The van der Waals surface area contributed by atoms with E-state index < -0.39 is 18.3 Å². The van der Waals surface area contributed by atoms with Crippen LogP contribution >= 0.6 is 0 Å². The lowest BCUT2D eigenvalue weighted by atomic mass is 9.66. The maximum Gasteiger partial charge on any atom is 0.466 e.